The Hall–Kier alpha value is -2.74. The molecular weight excluding hydrogens is 438 g/mol. The number of fused-ring (bicyclic) bond motifs is 3. The molecule has 2 heterocycles. The van der Waals surface area contributed by atoms with Gasteiger partial charge < -0.3 is 29.3 Å². The van der Waals surface area contributed by atoms with Crippen LogP contribution >= 0.6 is 11.8 Å². The van der Waals surface area contributed by atoms with Crippen LogP contribution in [-0.4, -0.2) is 55.6 Å². The maximum Gasteiger partial charge on any atom is 0.272 e. The van der Waals surface area contributed by atoms with E-state index in [2.05, 4.69) is 16.8 Å². The summed E-state index contributed by atoms with van der Waals surface area (Å²) in [7, 11) is 3.43. The quantitative estimate of drug-likeness (QED) is 0.585. The zero-order chi connectivity index (χ0) is 24.5. The second kappa shape index (κ2) is 9.63. The van der Waals surface area contributed by atoms with E-state index in [-0.39, 0.29) is 30.3 Å². The molecule has 2 aliphatic heterocycles. The van der Waals surface area contributed by atoms with E-state index in [4.69, 9.17) is 14.2 Å². The molecule has 0 aliphatic carbocycles. The Balaban J connectivity index is 2.18. The highest BCUT2D eigenvalue weighted by Crippen LogP contribution is 2.47. The molecule has 2 aliphatic rings. The summed E-state index contributed by atoms with van der Waals surface area (Å²) in [5, 5.41) is 5.50. The Labute approximate surface area is 201 Å². The molecular formula is C25H35N3O4S. The Morgan fingerprint density at radius 2 is 2.06 bits per heavy atom. The van der Waals surface area contributed by atoms with Crippen molar-refractivity contribution in [2.75, 3.05) is 31.9 Å². The van der Waals surface area contributed by atoms with Gasteiger partial charge in [0.25, 0.3) is 5.91 Å². The van der Waals surface area contributed by atoms with E-state index in [9.17, 15) is 4.79 Å². The molecule has 7 nitrogen and oxygen atoms in total. The van der Waals surface area contributed by atoms with Gasteiger partial charge in [0.15, 0.2) is 11.5 Å². The monoisotopic (exact) mass is 473 g/mol. The number of likely N-dealkylation sites (N-methyl/N-ethyl adjacent to an activating group) is 1. The highest BCUT2D eigenvalue weighted by Gasteiger charge is 2.42. The average molecular weight is 474 g/mol. The summed E-state index contributed by atoms with van der Waals surface area (Å²) < 4.78 is 17.7. The van der Waals surface area contributed by atoms with Gasteiger partial charge in [-0.2, -0.15) is 0 Å². The fraction of sp³-hybridized carbons (Fsp3) is 0.480. The van der Waals surface area contributed by atoms with Gasteiger partial charge >= 0.3 is 0 Å². The van der Waals surface area contributed by atoms with Crippen LogP contribution in [0, 0.1) is 0 Å². The van der Waals surface area contributed by atoms with E-state index in [1.54, 1.807) is 23.8 Å². The minimum absolute atomic E-state index is 0.0262. The van der Waals surface area contributed by atoms with Gasteiger partial charge in [-0.3, -0.25) is 4.79 Å². The Morgan fingerprint density at radius 3 is 2.61 bits per heavy atom. The minimum atomic E-state index is -0.329. The van der Waals surface area contributed by atoms with Crippen molar-refractivity contribution in [3.8, 4) is 17.2 Å². The highest BCUT2D eigenvalue weighted by molar-refractivity contribution is 8.01. The molecule has 1 aromatic rings. The van der Waals surface area contributed by atoms with Gasteiger partial charge in [-0.1, -0.05) is 12.7 Å². The SMILES string of the molecule is C=C/C(=C\SC)C1NC(C(=O)N(C)C(C)(C)C)=C2COc3cc(OC)c(OC(C)C)cc3N21. The fourth-order valence-electron chi connectivity index (χ4n) is 3.72. The number of hydrogen-bond acceptors (Lipinski definition) is 7. The zero-order valence-electron chi connectivity index (χ0n) is 20.8. The number of thioether (sulfide) groups is 1. The number of amides is 1. The lowest BCUT2D eigenvalue weighted by Crippen LogP contribution is -2.46. The van der Waals surface area contributed by atoms with E-state index in [0.29, 0.717) is 22.9 Å². The van der Waals surface area contributed by atoms with Gasteiger partial charge in [0.1, 0.15) is 24.2 Å². The lowest BCUT2D eigenvalue weighted by atomic mass is 10.1. The van der Waals surface area contributed by atoms with Crippen molar-refractivity contribution in [1.29, 1.82) is 0 Å². The number of carbonyl (C=O) groups is 1. The van der Waals surface area contributed by atoms with E-state index in [1.165, 1.54) is 0 Å². The van der Waals surface area contributed by atoms with Crippen LogP contribution in [0.5, 0.6) is 17.2 Å². The molecule has 33 heavy (non-hydrogen) atoms. The molecule has 1 N–H and O–H groups in total. The van der Waals surface area contributed by atoms with Crippen LogP contribution in [0.15, 0.2) is 47.2 Å². The standard InChI is InChI=1S/C25H35N3O4S/c1-10-16(14-33-9)23-26-22(24(29)27(7)25(4,5)6)18-13-31-19-12-20(30-8)21(32-15(2)3)11-17(19)28(18)23/h10-12,14-15,23,26H,1,13H2,2-9H3/b16-14+. The number of nitrogens with one attached hydrogen (secondary N) is 1. The molecule has 1 amide bonds. The molecule has 0 saturated carbocycles. The van der Waals surface area contributed by atoms with E-state index in [1.807, 2.05) is 71.5 Å². The smallest absolute Gasteiger partial charge is 0.272 e. The van der Waals surface area contributed by atoms with Gasteiger partial charge in [-0.25, -0.2) is 0 Å². The first-order chi connectivity index (χ1) is 15.5. The largest absolute Gasteiger partial charge is 0.493 e. The van der Waals surface area contributed by atoms with Crippen LogP contribution in [0.4, 0.5) is 5.69 Å². The molecule has 0 fully saturated rings. The van der Waals surface area contributed by atoms with Crippen LogP contribution in [0.1, 0.15) is 34.6 Å². The van der Waals surface area contributed by atoms with Gasteiger partial charge in [-0.05, 0) is 46.3 Å². The van der Waals surface area contributed by atoms with Crippen LogP contribution in [0.25, 0.3) is 0 Å². The normalized spacial score (nSPS) is 17.8. The molecule has 0 radical (unpaired) electrons. The molecule has 0 saturated heterocycles. The summed E-state index contributed by atoms with van der Waals surface area (Å²) >= 11 is 1.59. The molecule has 1 unspecified atom stereocenters. The van der Waals surface area contributed by atoms with Crippen LogP contribution in [0.3, 0.4) is 0 Å². The summed E-state index contributed by atoms with van der Waals surface area (Å²) in [6.07, 6.45) is 3.48. The fourth-order valence-corrected chi connectivity index (χ4v) is 4.22. The minimum Gasteiger partial charge on any atom is -0.493 e. The topological polar surface area (TPSA) is 63.3 Å². The summed E-state index contributed by atoms with van der Waals surface area (Å²) in [6.45, 7) is 14.2. The van der Waals surface area contributed by atoms with Gasteiger partial charge in [-0.15, -0.1) is 11.8 Å². The van der Waals surface area contributed by atoms with Gasteiger partial charge in [0, 0.05) is 30.3 Å². The van der Waals surface area contributed by atoms with Crippen LogP contribution in [0.2, 0.25) is 0 Å². The van der Waals surface area contributed by atoms with Crippen molar-refractivity contribution in [2.24, 2.45) is 0 Å². The number of nitrogens with zero attached hydrogens (tertiary/aromatic N) is 2. The Bertz CT molecular complexity index is 994. The third-order valence-electron chi connectivity index (χ3n) is 5.68. The number of benzene rings is 1. The molecule has 8 heteroatoms. The lowest BCUT2D eigenvalue weighted by molar-refractivity contribution is -0.130. The Morgan fingerprint density at radius 1 is 1.36 bits per heavy atom. The number of rotatable bonds is 7. The van der Waals surface area contributed by atoms with Crippen LogP contribution in [-0.2, 0) is 4.79 Å². The van der Waals surface area contributed by atoms with Gasteiger partial charge in [0.2, 0.25) is 0 Å². The molecule has 1 aromatic carbocycles. The third kappa shape index (κ3) is 4.81. The Kier molecular flexibility index (Phi) is 7.26. The predicted molar refractivity (Wildman–Crippen MR) is 135 cm³/mol. The highest BCUT2D eigenvalue weighted by atomic mass is 32.2. The third-order valence-corrected chi connectivity index (χ3v) is 6.19. The van der Waals surface area contributed by atoms with Crippen LogP contribution < -0.4 is 24.4 Å². The van der Waals surface area contributed by atoms with Crippen molar-refractivity contribution in [3.63, 3.8) is 0 Å². The second-order valence-corrected chi connectivity index (χ2v) is 9.96. The zero-order valence-corrected chi connectivity index (χ0v) is 21.6. The predicted octanol–water partition coefficient (Wildman–Crippen LogP) is 4.51. The summed E-state index contributed by atoms with van der Waals surface area (Å²) in [6, 6.07) is 3.76. The lowest BCUT2D eigenvalue weighted by Gasteiger charge is -2.35. The van der Waals surface area contributed by atoms with E-state index >= 15 is 0 Å². The maximum absolute atomic E-state index is 13.5. The van der Waals surface area contributed by atoms with E-state index < -0.39 is 0 Å². The summed E-state index contributed by atoms with van der Waals surface area (Å²) in [4.78, 5) is 17.4. The molecule has 3 rings (SSSR count). The first kappa shape index (κ1) is 24.9. The first-order valence-corrected chi connectivity index (χ1v) is 12.3. The number of ether oxygens (including phenoxy) is 3. The number of hydrogen-bond donors (Lipinski definition) is 1. The molecule has 180 valence electrons. The molecule has 0 spiro atoms. The molecule has 0 bridgehead atoms. The number of anilines is 1. The first-order valence-electron chi connectivity index (χ1n) is 11.0. The van der Waals surface area contributed by atoms with Crippen molar-refractivity contribution in [2.45, 2.75) is 52.4 Å². The maximum atomic E-state index is 13.5. The number of methoxy groups -OCH3 is 1. The molecule has 1 atom stereocenters. The van der Waals surface area contributed by atoms with Crippen molar-refractivity contribution < 1.29 is 19.0 Å². The van der Waals surface area contributed by atoms with Crippen molar-refractivity contribution in [1.82, 2.24) is 10.2 Å². The molecule has 0 aromatic heterocycles. The van der Waals surface area contributed by atoms with Crippen molar-refractivity contribution in [3.05, 3.63) is 47.2 Å². The van der Waals surface area contributed by atoms with E-state index in [0.717, 1.165) is 17.0 Å². The second-order valence-electron chi connectivity index (χ2n) is 9.26. The summed E-state index contributed by atoms with van der Waals surface area (Å²) in [5.74, 6) is 1.81. The summed E-state index contributed by atoms with van der Waals surface area (Å²) in [5.41, 5.74) is 2.74. The number of carbonyl (C=O) groups excluding carboxylic acids is 1. The average Bonchev–Trinajstić information content (AvgIpc) is 3.14. The van der Waals surface area contributed by atoms with Gasteiger partial charge in [0.05, 0.1) is 24.6 Å². The van der Waals surface area contributed by atoms with Crippen molar-refractivity contribution >= 4 is 23.4 Å².